The van der Waals surface area contributed by atoms with Gasteiger partial charge in [-0.15, -0.1) is 0 Å². The number of carbonyl (C=O) groups is 1. The second-order valence-electron chi connectivity index (χ2n) is 6.21. The van der Waals surface area contributed by atoms with Gasteiger partial charge in [0, 0.05) is 18.5 Å². The minimum Gasteiger partial charge on any atom is -0.306 e. The summed E-state index contributed by atoms with van der Waals surface area (Å²) >= 11 is 0. The van der Waals surface area contributed by atoms with Crippen LogP contribution in [0.15, 0.2) is 48.5 Å². The number of amides is 1. The smallest absolute Gasteiger partial charge is 0.256 e. The lowest BCUT2D eigenvalue weighted by Gasteiger charge is -2.07. The maximum atomic E-state index is 14.5. The van der Waals surface area contributed by atoms with Gasteiger partial charge >= 0.3 is 0 Å². The van der Waals surface area contributed by atoms with E-state index in [-0.39, 0.29) is 11.7 Å². The topological polar surface area (TPSA) is 59.8 Å². The van der Waals surface area contributed by atoms with Crippen LogP contribution in [0.1, 0.15) is 34.8 Å². The highest BCUT2D eigenvalue weighted by Crippen LogP contribution is 2.40. The molecule has 0 spiro atoms. The molecule has 126 valence electrons. The molecule has 1 saturated carbocycles. The van der Waals surface area contributed by atoms with Crippen molar-refractivity contribution in [2.24, 2.45) is 7.05 Å². The van der Waals surface area contributed by atoms with E-state index in [1.54, 1.807) is 48.1 Å². The van der Waals surface area contributed by atoms with Gasteiger partial charge in [0.05, 0.1) is 17.0 Å². The van der Waals surface area contributed by atoms with Crippen molar-refractivity contribution < 1.29 is 9.18 Å². The SMILES string of the molecule is Cn1nc(C2CC2)cc1-c1ccc(NC(=O)c2ccccc2)nc1F. The number of pyridine rings is 1. The summed E-state index contributed by atoms with van der Waals surface area (Å²) in [6, 6.07) is 13.9. The van der Waals surface area contributed by atoms with Crippen molar-refractivity contribution in [1.82, 2.24) is 14.8 Å². The fraction of sp³-hybridized carbons (Fsp3) is 0.211. The van der Waals surface area contributed by atoms with Gasteiger partial charge in [-0.3, -0.25) is 9.48 Å². The van der Waals surface area contributed by atoms with Crippen LogP contribution in [0, 0.1) is 5.95 Å². The summed E-state index contributed by atoms with van der Waals surface area (Å²) in [5.74, 6) is -0.270. The standard InChI is InChI=1S/C19H17FN4O/c1-24-16(11-15(23-24)12-7-8-12)14-9-10-17(21-18(14)20)22-19(25)13-5-3-2-4-6-13/h2-6,9-12H,7-8H2,1H3,(H,21,22,25). The summed E-state index contributed by atoms with van der Waals surface area (Å²) in [4.78, 5) is 16.0. The Labute approximate surface area is 144 Å². The van der Waals surface area contributed by atoms with E-state index in [9.17, 15) is 9.18 Å². The van der Waals surface area contributed by atoms with Gasteiger partial charge in [0.2, 0.25) is 5.95 Å². The van der Waals surface area contributed by atoms with Crippen molar-refractivity contribution in [3.8, 4) is 11.3 Å². The van der Waals surface area contributed by atoms with Crippen LogP contribution in [-0.2, 0) is 7.05 Å². The number of aromatic nitrogens is 3. The lowest BCUT2D eigenvalue weighted by Crippen LogP contribution is -2.13. The zero-order valence-corrected chi connectivity index (χ0v) is 13.7. The molecule has 1 N–H and O–H groups in total. The molecule has 0 unspecified atom stereocenters. The van der Waals surface area contributed by atoms with Gasteiger partial charge in [-0.05, 0) is 43.2 Å². The molecule has 6 heteroatoms. The Hall–Kier alpha value is -3.02. The highest BCUT2D eigenvalue weighted by molar-refractivity contribution is 6.03. The normalized spacial score (nSPS) is 13.7. The summed E-state index contributed by atoms with van der Waals surface area (Å²) in [5, 5.41) is 7.07. The van der Waals surface area contributed by atoms with Crippen molar-refractivity contribution in [2.45, 2.75) is 18.8 Å². The van der Waals surface area contributed by atoms with E-state index in [4.69, 9.17) is 0 Å². The average Bonchev–Trinajstić information content (AvgIpc) is 3.39. The first-order valence-corrected chi connectivity index (χ1v) is 8.19. The van der Waals surface area contributed by atoms with Crippen LogP contribution in [0.4, 0.5) is 10.2 Å². The average molecular weight is 336 g/mol. The molecule has 1 aliphatic rings. The molecule has 3 aromatic rings. The first-order valence-electron chi connectivity index (χ1n) is 8.19. The van der Waals surface area contributed by atoms with Crippen molar-refractivity contribution in [1.29, 1.82) is 0 Å². The van der Waals surface area contributed by atoms with Crippen LogP contribution in [0.3, 0.4) is 0 Å². The zero-order chi connectivity index (χ0) is 17.4. The number of aryl methyl sites for hydroxylation is 1. The van der Waals surface area contributed by atoms with E-state index in [2.05, 4.69) is 15.4 Å². The summed E-state index contributed by atoms with van der Waals surface area (Å²) in [7, 11) is 1.80. The molecular formula is C19H17FN4O. The lowest BCUT2D eigenvalue weighted by molar-refractivity contribution is 0.102. The van der Waals surface area contributed by atoms with Crippen molar-refractivity contribution in [2.75, 3.05) is 5.32 Å². The molecule has 1 amide bonds. The maximum absolute atomic E-state index is 14.5. The number of nitrogens with zero attached hydrogens (tertiary/aromatic N) is 3. The maximum Gasteiger partial charge on any atom is 0.256 e. The largest absolute Gasteiger partial charge is 0.306 e. The van der Waals surface area contributed by atoms with Crippen LogP contribution < -0.4 is 5.32 Å². The second-order valence-corrected chi connectivity index (χ2v) is 6.21. The van der Waals surface area contributed by atoms with Gasteiger partial charge in [-0.1, -0.05) is 18.2 Å². The van der Waals surface area contributed by atoms with Crippen molar-refractivity contribution in [3.05, 3.63) is 65.7 Å². The number of nitrogens with one attached hydrogen (secondary N) is 1. The van der Waals surface area contributed by atoms with Crippen LogP contribution in [0.25, 0.3) is 11.3 Å². The number of hydrogen-bond donors (Lipinski definition) is 1. The summed E-state index contributed by atoms with van der Waals surface area (Å²) < 4.78 is 16.2. The molecule has 0 aliphatic heterocycles. The van der Waals surface area contributed by atoms with Gasteiger partial charge < -0.3 is 5.32 Å². The molecule has 1 aliphatic carbocycles. The molecule has 1 aromatic carbocycles. The fourth-order valence-corrected chi connectivity index (χ4v) is 2.79. The van der Waals surface area contributed by atoms with Crippen molar-refractivity contribution >= 4 is 11.7 Å². The Morgan fingerprint density at radius 2 is 1.96 bits per heavy atom. The Bertz CT molecular complexity index is 932. The predicted molar refractivity (Wildman–Crippen MR) is 92.8 cm³/mol. The third-order valence-electron chi connectivity index (χ3n) is 4.30. The molecule has 4 rings (SSSR count). The quantitative estimate of drug-likeness (QED) is 0.738. The first-order chi connectivity index (χ1) is 12.1. The minimum atomic E-state index is -0.629. The number of rotatable bonds is 4. The van der Waals surface area contributed by atoms with Crippen LogP contribution in [0.2, 0.25) is 0 Å². The van der Waals surface area contributed by atoms with Crippen LogP contribution in [-0.4, -0.2) is 20.7 Å². The third kappa shape index (κ3) is 3.15. The van der Waals surface area contributed by atoms with E-state index < -0.39 is 5.95 Å². The molecule has 0 saturated heterocycles. The summed E-state index contributed by atoms with van der Waals surface area (Å²) in [5.41, 5.74) is 2.56. The monoisotopic (exact) mass is 336 g/mol. The van der Waals surface area contributed by atoms with Gasteiger partial charge in [0.1, 0.15) is 5.82 Å². The van der Waals surface area contributed by atoms with Crippen LogP contribution >= 0.6 is 0 Å². The van der Waals surface area contributed by atoms with Gasteiger partial charge in [-0.2, -0.15) is 9.49 Å². The van der Waals surface area contributed by atoms with Gasteiger partial charge in [0.25, 0.3) is 5.91 Å². The molecule has 0 radical (unpaired) electrons. The molecule has 2 heterocycles. The molecule has 0 bridgehead atoms. The van der Waals surface area contributed by atoms with E-state index in [0.717, 1.165) is 18.5 Å². The molecule has 5 nitrogen and oxygen atoms in total. The van der Waals surface area contributed by atoms with E-state index in [1.165, 1.54) is 0 Å². The third-order valence-corrected chi connectivity index (χ3v) is 4.30. The number of benzene rings is 1. The zero-order valence-electron chi connectivity index (χ0n) is 13.7. The predicted octanol–water partition coefficient (Wildman–Crippen LogP) is 3.75. The number of halogens is 1. The Morgan fingerprint density at radius 1 is 1.20 bits per heavy atom. The second kappa shape index (κ2) is 6.12. The Morgan fingerprint density at radius 3 is 2.64 bits per heavy atom. The highest BCUT2D eigenvalue weighted by atomic mass is 19.1. The molecule has 25 heavy (non-hydrogen) atoms. The minimum absolute atomic E-state index is 0.180. The highest BCUT2D eigenvalue weighted by Gasteiger charge is 2.27. The molecule has 1 fully saturated rings. The van der Waals surface area contributed by atoms with Crippen molar-refractivity contribution in [3.63, 3.8) is 0 Å². The first kappa shape index (κ1) is 15.5. The Balaban J connectivity index is 1.57. The van der Waals surface area contributed by atoms with E-state index in [1.807, 2.05) is 12.1 Å². The lowest BCUT2D eigenvalue weighted by atomic mass is 10.1. The van der Waals surface area contributed by atoms with E-state index >= 15 is 0 Å². The number of hydrogen-bond acceptors (Lipinski definition) is 3. The summed E-state index contributed by atoms with van der Waals surface area (Å²) in [6.45, 7) is 0. The van der Waals surface area contributed by atoms with Gasteiger partial charge in [-0.25, -0.2) is 4.98 Å². The Kier molecular flexibility index (Phi) is 3.80. The fourth-order valence-electron chi connectivity index (χ4n) is 2.79. The van der Waals surface area contributed by atoms with Gasteiger partial charge in [0.15, 0.2) is 0 Å². The van der Waals surface area contributed by atoms with E-state index in [0.29, 0.717) is 22.7 Å². The summed E-state index contributed by atoms with van der Waals surface area (Å²) in [6.07, 6.45) is 2.28. The molecule has 2 aromatic heterocycles. The molecule has 0 atom stereocenters. The van der Waals surface area contributed by atoms with Crippen LogP contribution in [0.5, 0.6) is 0 Å². The number of carbonyl (C=O) groups excluding carboxylic acids is 1. The molecular weight excluding hydrogens is 319 g/mol. The number of anilines is 1.